The van der Waals surface area contributed by atoms with Crippen LogP contribution in [0.15, 0.2) is 30.3 Å². The SMILES string of the molecule is NCC(=O)N(CC=O)c1ccccc1. The monoisotopic (exact) mass is 192 g/mol. The third-order valence-corrected chi connectivity index (χ3v) is 1.80. The zero-order valence-electron chi connectivity index (χ0n) is 7.72. The van der Waals surface area contributed by atoms with Crippen LogP contribution in [-0.2, 0) is 9.59 Å². The van der Waals surface area contributed by atoms with Crippen molar-refractivity contribution in [2.75, 3.05) is 18.0 Å². The van der Waals surface area contributed by atoms with Crippen LogP contribution < -0.4 is 10.6 Å². The number of hydrogen-bond acceptors (Lipinski definition) is 3. The van der Waals surface area contributed by atoms with Gasteiger partial charge in [-0.05, 0) is 12.1 Å². The summed E-state index contributed by atoms with van der Waals surface area (Å²) in [4.78, 5) is 23.1. The van der Waals surface area contributed by atoms with Gasteiger partial charge < -0.3 is 15.4 Å². The maximum Gasteiger partial charge on any atom is 0.241 e. The number of carbonyl (C=O) groups excluding carboxylic acids is 2. The number of nitrogens with two attached hydrogens (primary N) is 1. The van der Waals surface area contributed by atoms with Crippen LogP contribution in [0.5, 0.6) is 0 Å². The Morgan fingerprint density at radius 2 is 2.00 bits per heavy atom. The molecular formula is C10H12N2O2. The van der Waals surface area contributed by atoms with Gasteiger partial charge >= 0.3 is 0 Å². The van der Waals surface area contributed by atoms with Crippen LogP contribution in [0.4, 0.5) is 5.69 Å². The molecule has 0 fully saturated rings. The van der Waals surface area contributed by atoms with Crippen molar-refractivity contribution in [2.24, 2.45) is 5.73 Å². The number of para-hydroxylation sites is 1. The largest absolute Gasteiger partial charge is 0.322 e. The van der Waals surface area contributed by atoms with Crippen LogP contribution in [0.1, 0.15) is 0 Å². The predicted molar refractivity (Wildman–Crippen MR) is 53.9 cm³/mol. The van der Waals surface area contributed by atoms with Gasteiger partial charge in [-0.25, -0.2) is 0 Å². The molecule has 0 bridgehead atoms. The van der Waals surface area contributed by atoms with E-state index in [1.54, 1.807) is 24.3 Å². The van der Waals surface area contributed by atoms with Gasteiger partial charge in [-0.1, -0.05) is 18.2 Å². The Bertz CT molecular complexity index is 311. The molecule has 0 atom stereocenters. The van der Waals surface area contributed by atoms with E-state index in [1.807, 2.05) is 6.07 Å². The third-order valence-electron chi connectivity index (χ3n) is 1.80. The number of anilines is 1. The second-order valence-electron chi connectivity index (χ2n) is 2.71. The van der Waals surface area contributed by atoms with Gasteiger partial charge in [0.25, 0.3) is 0 Å². The molecule has 1 amide bonds. The van der Waals surface area contributed by atoms with E-state index in [0.29, 0.717) is 12.0 Å². The Kier molecular flexibility index (Phi) is 3.82. The lowest BCUT2D eigenvalue weighted by atomic mass is 10.3. The van der Waals surface area contributed by atoms with Crippen LogP contribution in [0.3, 0.4) is 0 Å². The number of nitrogens with zero attached hydrogens (tertiary/aromatic N) is 1. The first kappa shape index (κ1) is 10.4. The molecule has 1 aromatic rings. The molecule has 0 spiro atoms. The topological polar surface area (TPSA) is 63.4 Å². The van der Waals surface area contributed by atoms with Gasteiger partial charge in [0.05, 0.1) is 13.1 Å². The first-order chi connectivity index (χ1) is 6.79. The van der Waals surface area contributed by atoms with Crippen molar-refractivity contribution in [3.05, 3.63) is 30.3 Å². The minimum Gasteiger partial charge on any atom is -0.322 e. The maximum atomic E-state index is 11.3. The Labute approximate surface area is 82.3 Å². The standard InChI is InChI=1S/C10H12N2O2/c11-8-10(14)12(6-7-13)9-4-2-1-3-5-9/h1-5,7H,6,8,11H2. The maximum absolute atomic E-state index is 11.3. The summed E-state index contributed by atoms with van der Waals surface area (Å²) in [6, 6.07) is 8.97. The lowest BCUT2D eigenvalue weighted by Gasteiger charge is -2.19. The van der Waals surface area contributed by atoms with Gasteiger partial charge in [0.2, 0.25) is 5.91 Å². The van der Waals surface area contributed by atoms with E-state index in [9.17, 15) is 9.59 Å². The summed E-state index contributed by atoms with van der Waals surface area (Å²) in [5.41, 5.74) is 5.92. The average Bonchev–Trinajstić information content (AvgIpc) is 2.26. The number of rotatable bonds is 4. The first-order valence-corrected chi connectivity index (χ1v) is 4.28. The van der Waals surface area contributed by atoms with E-state index in [0.717, 1.165) is 0 Å². The molecule has 4 heteroatoms. The van der Waals surface area contributed by atoms with Gasteiger partial charge in [0.1, 0.15) is 6.29 Å². The number of aldehydes is 1. The Hall–Kier alpha value is -1.68. The normalized spacial score (nSPS) is 9.50. The van der Waals surface area contributed by atoms with E-state index < -0.39 is 0 Å². The molecule has 14 heavy (non-hydrogen) atoms. The molecule has 0 aliphatic heterocycles. The molecule has 1 rings (SSSR count). The fraction of sp³-hybridized carbons (Fsp3) is 0.200. The molecule has 4 nitrogen and oxygen atoms in total. The highest BCUT2D eigenvalue weighted by atomic mass is 16.2. The van der Waals surface area contributed by atoms with Crippen molar-refractivity contribution in [2.45, 2.75) is 0 Å². The second kappa shape index (κ2) is 5.14. The Morgan fingerprint density at radius 3 is 2.50 bits per heavy atom. The van der Waals surface area contributed by atoms with Crippen LogP contribution in [0, 0.1) is 0 Å². The predicted octanol–water partition coefficient (Wildman–Crippen LogP) is 0.177. The van der Waals surface area contributed by atoms with Crippen molar-refractivity contribution in [3.8, 4) is 0 Å². The smallest absolute Gasteiger partial charge is 0.241 e. The highest BCUT2D eigenvalue weighted by Gasteiger charge is 2.12. The number of amides is 1. The second-order valence-corrected chi connectivity index (χ2v) is 2.71. The first-order valence-electron chi connectivity index (χ1n) is 4.28. The van der Waals surface area contributed by atoms with Gasteiger partial charge in [-0.3, -0.25) is 4.79 Å². The molecule has 0 aliphatic carbocycles. The summed E-state index contributed by atoms with van der Waals surface area (Å²) in [6.07, 6.45) is 0.681. The van der Waals surface area contributed by atoms with Gasteiger partial charge in [-0.2, -0.15) is 0 Å². The van der Waals surface area contributed by atoms with Crippen LogP contribution in [0.25, 0.3) is 0 Å². The molecule has 2 N–H and O–H groups in total. The van der Waals surface area contributed by atoms with Gasteiger partial charge in [0.15, 0.2) is 0 Å². The molecule has 0 saturated heterocycles. The zero-order valence-corrected chi connectivity index (χ0v) is 7.72. The van der Waals surface area contributed by atoms with Crippen LogP contribution in [-0.4, -0.2) is 25.3 Å². The number of benzene rings is 1. The highest BCUT2D eigenvalue weighted by molar-refractivity contribution is 5.96. The fourth-order valence-electron chi connectivity index (χ4n) is 1.14. The molecule has 0 radical (unpaired) electrons. The lowest BCUT2D eigenvalue weighted by Crippen LogP contribution is -2.37. The van der Waals surface area contributed by atoms with Crippen molar-refractivity contribution in [1.29, 1.82) is 0 Å². The quantitative estimate of drug-likeness (QED) is 0.692. The van der Waals surface area contributed by atoms with E-state index in [-0.39, 0.29) is 19.0 Å². The summed E-state index contributed by atoms with van der Waals surface area (Å²) in [5.74, 6) is -0.261. The minimum atomic E-state index is -0.261. The van der Waals surface area contributed by atoms with Crippen molar-refractivity contribution >= 4 is 17.9 Å². The summed E-state index contributed by atoms with van der Waals surface area (Å²) in [7, 11) is 0. The highest BCUT2D eigenvalue weighted by Crippen LogP contribution is 2.11. The lowest BCUT2D eigenvalue weighted by molar-refractivity contribution is -0.118. The molecule has 0 aliphatic rings. The Balaban J connectivity index is 2.88. The van der Waals surface area contributed by atoms with E-state index in [2.05, 4.69) is 0 Å². The summed E-state index contributed by atoms with van der Waals surface area (Å²) in [5, 5.41) is 0. The van der Waals surface area contributed by atoms with Crippen LogP contribution >= 0.6 is 0 Å². The van der Waals surface area contributed by atoms with Crippen molar-refractivity contribution in [3.63, 3.8) is 0 Å². The average molecular weight is 192 g/mol. The summed E-state index contributed by atoms with van der Waals surface area (Å²) in [6.45, 7) is -0.0528. The van der Waals surface area contributed by atoms with Gasteiger partial charge in [0, 0.05) is 5.69 Å². The molecule has 74 valence electrons. The molecule has 0 heterocycles. The molecule has 1 aromatic carbocycles. The van der Waals surface area contributed by atoms with Crippen LogP contribution in [0.2, 0.25) is 0 Å². The Morgan fingerprint density at radius 1 is 1.36 bits per heavy atom. The third kappa shape index (κ3) is 2.40. The fourth-order valence-corrected chi connectivity index (χ4v) is 1.14. The molecular weight excluding hydrogens is 180 g/mol. The summed E-state index contributed by atoms with van der Waals surface area (Å²) < 4.78 is 0. The number of carbonyl (C=O) groups is 2. The van der Waals surface area contributed by atoms with Gasteiger partial charge in [-0.15, -0.1) is 0 Å². The summed E-state index contributed by atoms with van der Waals surface area (Å²) >= 11 is 0. The molecule has 0 saturated carbocycles. The zero-order chi connectivity index (χ0) is 10.4. The number of hydrogen-bond donors (Lipinski definition) is 1. The van der Waals surface area contributed by atoms with E-state index in [4.69, 9.17) is 5.73 Å². The minimum absolute atomic E-state index is 0.0417. The van der Waals surface area contributed by atoms with E-state index >= 15 is 0 Å². The van der Waals surface area contributed by atoms with Crippen molar-refractivity contribution in [1.82, 2.24) is 0 Å². The molecule has 0 unspecified atom stereocenters. The van der Waals surface area contributed by atoms with Crippen molar-refractivity contribution < 1.29 is 9.59 Å². The van der Waals surface area contributed by atoms with E-state index in [1.165, 1.54) is 4.90 Å². The molecule has 0 aromatic heterocycles.